The average molecular weight is 425 g/mol. The van der Waals surface area contributed by atoms with Crippen molar-refractivity contribution in [2.24, 2.45) is 0 Å². The fourth-order valence-electron chi connectivity index (χ4n) is 3.57. The Hall–Kier alpha value is -3.06. The van der Waals surface area contributed by atoms with Gasteiger partial charge in [-0.05, 0) is 56.0 Å². The zero-order chi connectivity index (χ0) is 22.1. The predicted octanol–water partition coefficient (Wildman–Crippen LogP) is 3.90. The van der Waals surface area contributed by atoms with Crippen LogP contribution in [0.2, 0.25) is 0 Å². The van der Waals surface area contributed by atoms with Crippen LogP contribution in [0.1, 0.15) is 31.7 Å². The third-order valence-corrected chi connectivity index (χ3v) is 5.21. The van der Waals surface area contributed by atoms with Gasteiger partial charge in [-0.15, -0.1) is 0 Å². The molecular weight excluding hydrogens is 392 g/mol. The number of aryl methyl sites for hydroxylation is 1. The lowest BCUT2D eigenvalue weighted by atomic mass is 10.1. The molecule has 0 radical (unpaired) electrons. The number of para-hydroxylation sites is 2. The highest BCUT2D eigenvalue weighted by atomic mass is 16.5. The number of nitrogens with one attached hydrogen (secondary N) is 3. The van der Waals surface area contributed by atoms with Crippen molar-refractivity contribution >= 4 is 17.6 Å². The summed E-state index contributed by atoms with van der Waals surface area (Å²) in [4.78, 5) is 26.6. The molecule has 0 aliphatic carbocycles. The second-order valence-electron chi connectivity index (χ2n) is 7.91. The summed E-state index contributed by atoms with van der Waals surface area (Å²) >= 11 is 0. The van der Waals surface area contributed by atoms with Crippen molar-refractivity contribution in [2.45, 2.75) is 39.2 Å². The van der Waals surface area contributed by atoms with Crippen molar-refractivity contribution in [1.82, 2.24) is 15.5 Å². The van der Waals surface area contributed by atoms with Crippen molar-refractivity contribution in [2.75, 3.05) is 31.5 Å². The van der Waals surface area contributed by atoms with E-state index >= 15 is 0 Å². The van der Waals surface area contributed by atoms with Crippen LogP contribution in [-0.2, 0) is 4.79 Å². The number of anilines is 1. The first-order valence-corrected chi connectivity index (χ1v) is 10.9. The number of benzene rings is 2. The van der Waals surface area contributed by atoms with Crippen molar-refractivity contribution in [3.63, 3.8) is 0 Å². The van der Waals surface area contributed by atoms with Crippen molar-refractivity contribution in [3.8, 4) is 11.5 Å². The van der Waals surface area contributed by atoms with E-state index in [1.165, 1.54) is 0 Å². The highest BCUT2D eigenvalue weighted by molar-refractivity contribution is 5.91. The fraction of sp³-hybridized carbons (Fsp3) is 0.417. The molecule has 1 aliphatic heterocycles. The number of piperidine rings is 1. The molecule has 1 aliphatic rings. The van der Waals surface area contributed by atoms with Crippen molar-refractivity contribution in [1.29, 1.82) is 0 Å². The van der Waals surface area contributed by atoms with E-state index in [0.717, 1.165) is 43.7 Å². The van der Waals surface area contributed by atoms with Gasteiger partial charge in [-0.25, -0.2) is 4.79 Å². The van der Waals surface area contributed by atoms with Crippen molar-refractivity contribution < 1.29 is 14.3 Å². The van der Waals surface area contributed by atoms with Crippen LogP contribution in [0.3, 0.4) is 0 Å². The van der Waals surface area contributed by atoms with E-state index in [9.17, 15) is 9.59 Å². The number of urea groups is 1. The van der Waals surface area contributed by atoms with Crippen LogP contribution in [0, 0.1) is 6.92 Å². The molecule has 1 heterocycles. The zero-order valence-corrected chi connectivity index (χ0v) is 18.3. The highest BCUT2D eigenvalue weighted by Crippen LogP contribution is 2.29. The second-order valence-corrected chi connectivity index (χ2v) is 7.91. The van der Waals surface area contributed by atoms with Gasteiger partial charge in [-0.1, -0.05) is 31.2 Å². The molecule has 7 heteroatoms. The quantitative estimate of drug-likeness (QED) is 0.600. The maximum absolute atomic E-state index is 12.6. The number of rotatable bonds is 8. The summed E-state index contributed by atoms with van der Waals surface area (Å²) in [6.07, 6.45) is 2.57. The van der Waals surface area contributed by atoms with Gasteiger partial charge >= 0.3 is 6.03 Å². The molecule has 7 nitrogen and oxygen atoms in total. The molecule has 166 valence electrons. The Morgan fingerprint density at radius 2 is 1.87 bits per heavy atom. The van der Waals surface area contributed by atoms with E-state index in [2.05, 4.69) is 20.9 Å². The molecule has 31 heavy (non-hydrogen) atoms. The Morgan fingerprint density at radius 1 is 1.10 bits per heavy atom. The molecule has 0 bridgehead atoms. The molecule has 0 aromatic heterocycles. The number of likely N-dealkylation sites (tertiary alicyclic amines) is 1. The zero-order valence-electron chi connectivity index (χ0n) is 18.3. The van der Waals surface area contributed by atoms with Gasteiger partial charge in [0.2, 0.25) is 5.91 Å². The van der Waals surface area contributed by atoms with Crippen LogP contribution in [0.5, 0.6) is 11.5 Å². The molecule has 3 N–H and O–H groups in total. The SMILES string of the molecule is CCCNC(=O)CN1CCC(NC(=O)Nc2ccccc2Oc2cccc(C)c2)CC1. The molecule has 0 atom stereocenters. The first-order chi connectivity index (χ1) is 15.0. The van der Waals surface area contributed by atoms with E-state index in [0.29, 0.717) is 24.5 Å². The van der Waals surface area contributed by atoms with E-state index in [-0.39, 0.29) is 18.0 Å². The maximum Gasteiger partial charge on any atom is 0.319 e. The van der Waals surface area contributed by atoms with Crippen LogP contribution < -0.4 is 20.7 Å². The fourth-order valence-corrected chi connectivity index (χ4v) is 3.57. The number of hydrogen-bond donors (Lipinski definition) is 3. The Kier molecular flexibility index (Phi) is 8.29. The minimum atomic E-state index is -0.251. The van der Waals surface area contributed by atoms with Gasteiger partial charge < -0.3 is 20.7 Å². The molecule has 1 saturated heterocycles. The number of carbonyl (C=O) groups is 2. The van der Waals surface area contributed by atoms with E-state index < -0.39 is 0 Å². The molecular formula is C24H32N4O3. The predicted molar refractivity (Wildman–Crippen MR) is 123 cm³/mol. The lowest BCUT2D eigenvalue weighted by Crippen LogP contribution is -2.48. The van der Waals surface area contributed by atoms with E-state index in [4.69, 9.17) is 4.74 Å². The average Bonchev–Trinajstić information content (AvgIpc) is 2.75. The lowest BCUT2D eigenvalue weighted by Gasteiger charge is -2.31. The van der Waals surface area contributed by atoms with Gasteiger partial charge in [-0.3, -0.25) is 9.69 Å². The van der Waals surface area contributed by atoms with Gasteiger partial charge in [0.25, 0.3) is 0 Å². The number of carbonyl (C=O) groups excluding carboxylic acids is 2. The summed E-state index contributed by atoms with van der Waals surface area (Å²) in [5, 5.41) is 8.85. The third-order valence-electron chi connectivity index (χ3n) is 5.21. The topological polar surface area (TPSA) is 82.7 Å². The molecule has 0 spiro atoms. The summed E-state index contributed by atoms with van der Waals surface area (Å²) in [6, 6.07) is 15.0. The molecule has 0 unspecified atom stereocenters. The van der Waals surface area contributed by atoms with Crippen LogP contribution in [0.15, 0.2) is 48.5 Å². The van der Waals surface area contributed by atoms with Gasteiger partial charge in [0.15, 0.2) is 5.75 Å². The van der Waals surface area contributed by atoms with Gasteiger partial charge in [0, 0.05) is 25.7 Å². The van der Waals surface area contributed by atoms with Crippen molar-refractivity contribution in [3.05, 3.63) is 54.1 Å². The molecule has 1 fully saturated rings. The summed E-state index contributed by atoms with van der Waals surface area (Å²) < 4.78 is 5.97. The maximum atomic E-state index is 12.6. The number of amides is 3. The number of hydrogen-bond acceptors (Lipinski definition) is 4. The monoisotopic (exact) mass is 424 g/mol. The molecule has 2 aromatic rings. The van der Waals surface area contributed by atoms with Crippen LogP contribution >= 0.6 is 0 Å². The van der Waals surface area contributed by atoms with Crippen LogP contribution in [-0.4, -0.2) is 49.1 Å². The molecule has 0 saturated carbocycles. The van der Waals surface area contributed by atoms with Gasteiger partial charge in [0.1, 0.15) is 5.75 Å². The third kappa shape index (κ3) is 7.29. The Bertz CT molecular complexity index is 879. The summed E-state index contributed by atoms with van der Waals surface area (Å²) in [6.45, 7) is 6.76. The number of nitrogens with zero attached hydrogens (tertiary/aromatic N) is 1. The number of ether oxygens (including phenoxy) is 1. The first-order valence-electron chi connectivity index (χ1n) is 10.9. The standard InChI is InChI=1S/C24H32N4O3/c1-3-13-25-23(29)17-28-14-11-19(12-15-28)26-24(30)27-21-9-4-5-10-22(21)31-20-8-6-7-18(2)16-20/h4-10,16,19H,3,11-15,17H2,1-2H3,(H,25,29)(H2,26,27,30). The summed E-state index contributed by atoms with van der Waals surface area (Å²) in [7, 11) is 0. The van der Waals surface area contributed by atoms with Gasteiger partial charge in [0.05, 0.1) is 12.2 Å². The minimum absolute atomic E-state index is 0.0659. The van der Waals surface area contributed by atoms with E-state index in [1.807, 2.05) is 62.4 Å². The lowest BCUT2D eigenvalue weighted by molar-refractivity contribution is -0.122. The molecule has 3 amide bonds. The Balaban J connectivity index is 1.48. The summed E-state index contributed by atoms with van der Waals surface area (Å²) in [5.74, 6) is 1.39. The Labute approximate surface area is 184 Å². The van der Waals surface area contributed by atoms with Gasteiger partial charge in [-0.2, -0.15) is 0 Å². The molecule has 3 rings (SSSR count). The molecule has 2 aromatic carbocycles. The largest absolute Gasteiger partial charge is 0.455 e. The van der Waals surface area contributed by atoms with Crippen LogP contribution in [0.4, 0.5) is 10.5 Å². The Morgan fingerprint density at radius 3 is 2.61 bits per heavy atom. The highest BCUT2D eigenvalue weighted by Gasteiger charge is 2.22. The normalized spacial score (nSPS) is 14.6. The first kappa shape index (κ1) is 22.6. The summed E-state index contributed by atoms with van der Waals surface area (Å²) in [5.41, 5.74) is 1.72. The van der Waals surface area contributed by atoms with E-state index in [1.54, 1.807) is 0 Å². The van der Waals surface area contributed by atoms with Crippen LogP contribution in [0.25, 0.3) is 0 Å². The minimum Gasteiger partial charge on any atom is -0.455 e. The second kappa shape index (κ2) is 11.4. The smallest absolute Gasteiger partial charge is 0.319 e.